The highest BCUT2D eigenvalue weighted by molar-refractivity contribution is 5.45. The summed E-state index contributed by atoms with van der Waals surface area (Å²) in [5, 5.41) is 0. The summed E-state index contributed by atoms with van der Waals surface area (Å²) in [6.45, 7) is 7.37. The van der Waals surface area contributed by atoms with E-state index >= 15 is 0 Å². The van der Waals surface area contributed by atoms with E-state index in [1.165, 1.54) is 6.08 Å². The van der Waals surface area contributed by atoms with Gasteiger partial charge in [0.15, 0.2) is 0 Å². The smallest absolute Gasteiger partial charge is 0.100 e. The van der Waals surface area contributed by atoms with Gasteiger partial charge in [-0.1, -0.05) is 19.2 Å². The van der Waals surface area contributed by atoms with Crippen molar-refractivity contribution in [2.75, 3.05) is 0 Å². The van der Waals surface area contributed by atoms with Crippen molar-refractivity contribution in [2.24, 2.45) is 11.5 Å². The summed E-state index contributed by atoms with van der Waals surface area (Å²) >= 11 is 0. The first kappa shape index (κ1) is 11.3. The number of allylic oxidation sites excluding steroid dienone is 6. The van der Waals surface area contributed by atoms with Gasteiger partial charge in [0.25, 0.3) is 0 Å². The van der Waals surface area contributed by atoms with Crippen molar-refractivity contribution in [1.82, 2.24) is 0 Å². The van der Waals surface area contributed by atoms with Crippen molar-refractivity contribution < 1.29 is 4.39 Å². The Labute approximate surface area is 89.1 Å². The maximum absolute atomic E-state index is 12.7. The van der Waals surface area contributed by atoms with Crippen molar-refractivity contribution in [1.29, 1.82) is 0 Å². The summed E-state index contributed by atoms with van der Waals surface area (Å²) in [5.41, 5.74) is 13.5. The van der Waals surface area contributed by atoms with Gasteiger partial charge < -0.3 is 11.5 Å². The average Bonchev–Trinajstić information content (AvgIpc) is 2.18. The highest BCUT2D eigenvalue weighted by Crippen LogP contribution is 2.24. The zero-order chi connectivity index (χ0) is 11.4. The molecule has 0 radical (unpaired) electrons. The van der Waals surface area contributed by atoms with Crippen LogP contribution in [0.4, 0.5) is 4.39 Å². The molecule has 0 aromatic carbocycles. The van der Waals surface area contributed by atoms with Gasteiger partial charge in [-0.25, -0.2) is 4.39 Å². The Morgan fingerprint density at radius 1 is 1.27 bits per heavy atom. The zero-order valence-electron chi connectivity index (χ0n) is 8.59. The van der Waals surface area contributed by atoms with Crippen LogP contribution in [0.3, 0.4) is 0 Å². The normalized spacial score (nSPS) is 16.7. The molecular weight excluding hydrogens is 191 g/mol. The Morgan fingerprint density at radius 3 is 2.40 bits per heavy atom. The van der Waals surface area contributed by atoms with E-state index in [1.54, 1.807) is 12.2 Å². The Hall–Kier alpha value is -1.77. The van der Waals surface area contributed by atoms with Crippen LogP contribution in [0.25, 0.3) is 0 Å². The van der Waals surface area contributed by atoms with Crippen LogP contribution in [0.2, 0.25) is 0 Å². The molecule has 0 atom stereocenters. The fourth-order valence-electron chi connectivity index (χ4n) is 1.25. The van der Waals surface area contributed by atoms with E-state index in [0.29, 0.717) is 24.2 Å². The zero-order valence-corrected chi connectivity index (χ0v) is 8.59. The second kappa shape index (κ2) is 4.64. The Morgan fingerprint density at radius 2 is 1.93 bits per heavy atom. The molecule has 0 amide bonds. The summed E-state index contributed by atoms with van der Waals surface area (Å²) < 4.78 is 12.7. The summed E-state index contributed by atoms with van der Waals surface area (Å²) in [5.74, 6) is -0.105. The van der Waals surface area contributed by atoms with E-state index in [4.69, 9.17) is 11.5 Å². The predicted molar refractivity (Wildman–Crippen MR) is 61.2 cm³/mol. The molecule has 0 aromatic heterocycles. The molecule has 0 saturated carbocycles. The Kier molecular flexibility index (Phi) is 3.50. The van der Waals surface area contributed by atoms with Gasteiger partial charge in [0.05, 0.1) is 5.70 Å². The van der Waals surface area contributed by atoms with Crippen molar-refractivity contribution >= 4 is 0 Å². The van der Waals surface area contributed by atoms with Crippen molar-refractivity contribution in [3.8, 4) is 0 Å². The molecule has 15 heavy (non-hydrogen) atoms. The molecule has 1 aliphatic rings. The molecule has 1 aliphatic carbocycles. The third-order valence-electron chi connectivity index (χ3n) is 2.21. The molecule has 0 aromatic rings. The first-order chi connectivity index (χ1) is 7.00. The second-order valence-corrected chi connectivity index (χ2v) is 3.46. The monoisotopic (exact) mass is 206 g/mol. The Balaban J connectivity index is 2.79. The van der Waals surface area contributed by atoms with Crippen molar-refractivity contribution in [3.05, 3.63) is 59.8 Å². The van der Waals surface area contributed by atoms with Gasteiger partial charge in [-0.15, -0.1) is 0 Å². The predicted octanol–water partition coefficient (Wildman–Crippen LogP) is 2.43. The SMILES string of the molecule is C=C(/C=C(/N)C(=C)N)C1=CC=C(F)CC1. The van der Waals surface area contributed by atoms with Crippen LogP contribution < -0.4 is 11.5 Å². The minimum Gasteiger partial charge on any atom is -0.398 e. The highest BCUT2D eigenvalue weighted by atomic mass is 19.1. The average molecular weight is 206 g/mol. The molecule has 3 heteroatoms. The van der Waals surface area contributed by atoms with E-state index in [1.807, 2.05) is 0 Å². The van der Waals surface area contributed by atoms with Crippen LogP contribution >= 0.6 is 0 Å². The van der Waals surface area contributed by atoms with Crippen LogP contribution in [0, 0.1) is 0 Å². The lowest BCUT2D eigenvalue weighted by molar-refractivity contribution is 0.583. The van der Waals surface area contributed by atoms with Gasteiger partial charge in [-0.2, -0.15) is 0 Å². The molecule has 1 rings (SSSR count). The highest BCUT2D eigenvalue weighted by Gasteiger charge is 2.07. The first-order valence-electron chi connectivity index (χ1n) is 4.67. The largest absolute Gasteiger partial charge is 0.398 e. The van der Waals surface area contributed by atoms with Crippen LogP contribution in [0.1, 0.15) is 12.8 Å². The van der Waals surface area contributed by atoms with E-state index in [2.05, 4.69) is 13.2 Å². The van der Waals surface area contributed by atoms with Crippen LogP contribution in [0.15, 0.2) is 59.8 Å². The fraction of sp³-hybridized carbons (Fsp3) is 0.167. The van der Waals surface area contributed by atoms with Gasteiger partial charge >= 0.3 is 0 Å². The third-order valence-corrected chi connectivity index (χ3v) is 2.21. The van der Waals surface area contributed by atoms with Crippen molar-refractivity contribution in [2.45, 2.75) is 12.8 Å². The molecule has 2 nitrogen and oxygen atoms in total. The van der Waals surface area contributed by atoms with E-state index in [9.17, 15) is 4.39 Å². The molecule has 0 unspecified atom stereocenters. The fourth-order valence-corrected chi connectivity index (χ4v) is 1.25. The third kappa shape index (κ3) is 3.13. The number of nitrogens with two attached hydrogens (primary N) is 2. The molecule has 0 bridgehead atoms. The second-order valence-electron chi connectivity index (χ2n) is 3.46. The lowest BCUT2D eigenvalue weighted by Crippen LogP contribution is -2.08. The molecule has 0 aliphatic heterocycles. The molecule has 0 fully saturated rings. The van der Waals surface area contributed by atoms with E-state index in [-0.39, 0.29) is 5.83 Å². The van der Waals surface area contributed by atoms with Gasteiger partial charge in [0, 0.05) is 12.1 Å². The van der Waals surface area contributed by atoms with Crippen LogP contribution in [0.5, 0.6) is 0 Å². The number of rotatable bonds is 3. The summed E-state index contributed by atoms with van der Waals surface area (Å²) in [7, 11) is 0. The maximum Gasteiger partial charge on any atom is 0.100 e. The molecule has 4 N–H and O–H groups in total. The first-order valence-corrected chi connectivity index (χ1v) is 4.67. The Bertz CT molecular complexity index is 386. The minimum absolute atomic E-state index is 0.105. The quantitative estimate of drug-likeness (QED) is 0.697. The van der Waals surface area contributed by atoms with Gasteiger partial charge in [0.2, 0.25) is 0 Å². The lowest BCUT2D eigenvalue weighted by atomic mass is 9.97. The van der Waals surface area contributed by atoms with Gasteiger partial charge in [0.1, 0.15) is 5.83 Å². The maximum atomic E-state index is 12.7. The molecule has 0 saturated heterocycles. The van der Waals surface area contributed by atoms with Crippen LogP contribution in [-0.4, -0.2) is 0 Å². The summed E-state index contributed by atoms with van der Waals surface area (Å²) in [4.78, 5) is 0. The van der Waals surface area contributed by atoms with Crippen molar-refractivity contribution in [3.63, 3.8) is 0 Å². The van der Waals surface area contributed by atoms with Gasteiger partial charge in [-0.3, -0.25) is 0 Å². The van der Waals surface area contributed by atoms with Crippen LogP contribution in [-0.2, 0) is 0 Å². The molecular formula is C12H15FN2. The number of hydrogen-bond acceptors (Lipinski definition) is 2. The van der Waals surface area contributed by atoms with E-state index < -0.39 is 0 Å². The minimum atomic E-state index is -0.105. The van der Waals surface area contributed by atoms with E-state index in [0.717, 1.165) is 11.1 Å². The standard InChI is InChI=1S/C12H15FN2/c1-8(7-12(15)9(2)14)10-3-5-11(13)6-4-10/h3,5,7H,1-2,4,6,14-15H2/b12-7+. The number of halogens is 1. The number of hydrogen-bond donors (Lipinski definition) is 2. The summed E-state index contributed by atoms with van der Waals surface area (Å²) in [6, 6.07) is 0. The topological polar surface area (TPSA) is 52.0 Å². The molecule has 0 spiro atoms. The molecule has 80 valence electrons. The summed E-state index contributed by atoms with van der Waals surface area (Å²) in [6.07, 6.45) is 5.88. The van der Waals surface area contributed by atoms with Gasteiger partial charge in [-0.05, 0) is 29.7 Å². The lowest BCUT2D eigenvalue weighted by Gasteiger charge is -2.11. The molecule has 0 heterocycles.